The van der Waals surface area contributed by atoms with Crippen LogP contribution in [-0.4, -0.2) is 31.1 Å². The Bertz CT molecular complexity index is 1610. The summed E-state index contributed by atoms with van der Waals surface area (Å²) in [5, 5.41) is 7.08. The molecule has 0 heterocycles. The number of nitrogens with one attached hydrogen (secondary N) is 2. The van der Waals surface area contributed by atoms with Gasteiger partial charge < -0.3 is 14.8 Å². The number of benzene rings is 4. The van der Waals surface area contributed by atoms with Crippen LogP contribution in [0.15, 0.2) is 99.0 Å². The number of carbonyl (C=O) groups is 3. The van der Waals surface area contributed by atoms with E-state index in [2.05, 4.69) is 47.7 Å². The molecule has 8 nitrogen and oxygen atoms in total. The molecule has 0 bridgehead atoms. The summed E-state index contributed by atoms with van der Waals surface area (Å²) in [6.45, 7) is 0. The van der Waals surface area contributed by atoms with Gasteiger partial charge in [0.05, 0.1) is 33.9 Å². The highest BCUT2D eigenvalue weighted by molar-refractivity contribution is 9.11. The summed E-state index contributed by atoms with van der Waals surface area (Å²) in [5.41, 5.74) is 4.17. The van der Waals surface area contributed by atoms with Gasteiger partial charge in [-0.25, -0.2) is 10.2 Å². The number of carbonyl (C=O) groups excluding carboxylic acids is 3. The molecule has 40 heavy (non-hydrogen) atoms. The van der Waals surface area contributed by atoms with E-state index in [1.54, 1.807) is 78.9 Å². The fourth-order valence-electron chi connectivity index (χ4n) is 3.47. The fourth-order valence-corrected chi connectivity index (χ4v) is 5.03. The molecule has 0 aliphatic heterocycles. The van der Waals surface area contributed by atoms with Crippen molar-refractivity contribution < 1.29 is 23.9 Å². The van der Waals surface area contributed by atoms with Gasteiger partial charge in [-0.2, -0.15) is 5.10 Å². The minimum Gasteiger partial charge on any atom is -0.497 e. The normalized spacial score (nSPS) is 10.7. The molecule has 0 atom stereocenters. The maximum atomic E-state index is 12.8. The molecule has 2 N–H and O–H groups in total. The molecular formula is C29H20Br2ClN3O5. The van der Waals surface area contributed by atoms with E-state index in [0.717, 1.165) is 0 Å². The highest BCUT2D eigenvalue weighted by Gasteiger charge is 2.16. The Morgan fingerprint density at radius 2 is 1.62 bits per heavy atom. The first-order chi connectivity index (χ1) is 19.2. The first-order valence-corrected chi connectivity index (χ1v) is 13.6. The third kappa shape index (κ3) is 7.35. The number of nitrogens with zero attached hydrogens (tertiary/aromatic N) is 1. The summed E-state index contributed by atoms with van der Waals surface area (Å²) in [6, 6.07) is 22.9. The number of hydrogen-bond acceptors (Lipinski definition) is 6. The highest BCUT2D eigenvalue weighted by atomic mass is 79.9. The third-order valence-electron chi connectivity index (χ3n) is 5.43. The molecule has 0 aromatic heterocycles. The lowest BCUT2D eigenvalue weighted by molar-refractivity contribution is 0.0732. The van der Waals surface area contributed by atoms with Gasteiger partial charge in [0.25, 0.3) is 11.8 Å². The molecule has 4 rings (SSSR count). The molecule has 4 aromatic carbocycles. The molecular weight excluding hydrogens is 666 g/mol. The number of amides is 2. The average molecular weight is 686 g/mol. The number of halogens is 3. The number of methoxy groups -OCH3 is 1. The zero-order valence-electron chi connectivity index (χ0n) is 20.8. The van der Waals surface area contributed by atoms with E-state index < -0.39 is 17.8 Å². The summed E-state index contributed by atoms with van der Waals surface area (Å²) in [5.74, 6) is -0.682. The maximum absolute atomic E-state index is 12.8. The monoisotopic (exact) mass is 683 g/mol. The molecule has 0 saturated heterocycles. The molecule has 0 aliphatic carbocycles. The molecule has 202 valence electrons. The Balaban J connectivity index is 1.46. The predicted octanol–water partition coefficient (Wildman–Crippen LogP) is 7.11. The van der Waals surface area contributed by atoms with Gasteiger partial charge in [-0.15, -0.1) is 0 Å². The molecule has 2 amide bonds. The van der Waals surface area contributed by atoms with Crippen molar-refractivity contribution in [2.75, 3.05) is 12.4 Å². The smallest absolute Gasteiger partial charge is 0.343 e. The molecule has 0 fully saturated rings. The summed E-state index contributed by atoms with van der Waals surface area (Å²) in [4.78, 5) is 38.1. The van der Waals surface area contributed by atoms with Gasteiger partial charge in [-0.3, -0.25) is 9.59 Å². The number of hydrogen-bond donors (Lipinski definition) is 2. The minimum absolute atomic E-state index is 0.214. The van der Waals surface area contributed by atoms with E-state index in [9.17, 15) is 14.4 Å². The van der Waals surface area contributed by atoms with Crippen LogP contribution in [0.3, 0.4) is 0 Å². The van der Waals surface area contributed by atoms with E-state index in [4.69, 9.17) is 21.1 Å². The Hall–Kier alpha value is -3.99. The van der Waals surface area contributed by atoms with Crippen LogP contribution >= 0.6 is 43.5 Å². The van der Waals surface area contributed by atoms with E-state index in [1.165, 1.54) is 19.4 Å². The lowest BCUT2D eigenvalue weighted by Gasteiger charge is -2.11. The van der Waals surface area contributed by atoms with Crippen LogP contribution in [-0.2, 0) is 0 Å². The van der Waals surface area contributed by atoms with Crippen molar-refractivity contribution in [2.24, 2.45) is 5.10 Å². The lowest BCUT2D eigenvalue weighted by atomic mass is 10.1. The number of esters is 1. The number of ether oxygens (including phenoxy) is 2. The summed E-state index contributed by atoms with van der Waals surface area (Å²) < 4.78 is 11.9. The maximum Gasteiger partial charge on any atom is 0.343 e. The van der Waals surface area contributed by atoms with Gasteiger partial charge in [0.15, 0.2) is 5.75 Å². The average Bonchev–Trinajstić information content (AvgIpc) is 2.95. The van der Waals surface area contributed by atoms with Gasteiger partial charge >= 0.3 is 5.97 Å². The van der Waals surface area contributed by atoms with E-state index in [-0.39, 0.29) is 11.3 Å². The van der Waals surface area contributed by atoms with Gasteiger partial charge in [-0.1, -0.05) is 45.7 Å². The lowest BCUT2D eigenvalue weighted by Crippen LogP contribution is -2.18. The van der Waals surface area contributed by atoms with Gasteiger partial charge in [0.1, 0.15) is 5.75 Å². The first-order valence-electron chi connectivity index (χ1n) is 11.6. The highest BCUT2D eigenvalue weighted by Crippen LogP contribution is 2.33. The van der Waals surface area contributed by atoms with E-state index in [1.807, 2.05) is 0 Å². The molecule has 4 aromatic rings. The quantitative estimate of drug-likeness (QED) is 0.0891. The van der Waals surface area contributed by atoms with E-state index in [0.29, 0.717) is 42.1 Å². The molecule has 0 radical (unpaired) electrons. The summed E-state index contributed by atoms with van der Waals surface area (Å²) in [7, 11) is 1.54. The van der Waals surface area contributed by atoms with Crippen molar-refractivity contribution in [3.05, 3.63) is 121 Å². The minimum atomic E-state index is -0.583. The Morgan fingerprint density at radius 1 is 0.875 bits per heavy atom. The number of anilines is 1. The van der Waals surface area contributed by atoms with Crippen LogP contribution in [0.5, 0.6) is 11.5 Å². The van der Waals surface area contributed by atoms with Gasteiger partial charge in [-0.05, 0) is 82.7 Å². The predicted molar refractivity (Wildman–Crippen MR) is 161 cm³/mol. The molecule has 11 heteroatoms. The molecule has 0 spiro atoms. The standard InChI is InChI=1S/C29H20Br2ClN3O5/c1-39-22-11-9-17(10-12-22)29(38)40-26-19(13-20(30)15-24(26)31)16-33-35-27(36)18-5-4-6-21(14-18)34-28(37)23-7-2-3-8-25(23)32/h2-16H,1H3,(H,34,37)(H,35,36). The third-order valence-corrected chi connectivity index (χ3v) is 6.80. The van der Waals surface area contributed by atoms with Crippen LogP contribution in [0.4, 0.5) is 5.69 Å². The van der Waals surface area contributed by atoms with Gasteiger partial charge in [0, 0.05) is 21.3 Å². The zero-order chi connectivity index (χ0) is 28.6. The Kier molecular flexibility index (Phi) is 9.70. The Morgan fingerprint density at radius 3 is 2.35 bits per heavy atom. The summed E-state index contributed by atoms with van der Waals surface area (Å²) in [6.07, 6.45) is 1.35. The second-order valence-electron chi connectivity index (χ2n) is 8.14. The van der Waals surface area contributed by atoms with Crippen molar-refractivity contribution >= 4 is 73.1 Å². The molecule has 0 aliphatic rings. The largest absolute Gasteiger partial charge is 0.497 e. The van der Waals surface area contributed by atoms with Crippen LogP contribution < -0.4 is 20.2 Å². The molecule has 0 saturated carbocycles. The van der Waals surface area contributed by atoms with Crippen molar-refractivity contribution in [1.82, 2.24) is 5.43 Å². The summed E-state index contributed by atoms with van der Waals surface area (Å²) >= 11 is 12.9. The van der Waals surface area contributed by atoms with Gasteiger partial charge in [0.2, 0.25) is 0 Å². The Labute approximate surface area is 251 Å². The first kappa shape index (κ1) is 29.0. The van der Waals surface area contributed by atoms with Crippen molar-refractivity contribution in [2.45, 2.75) is 0 Å². The zero-order valence-corrected chi connectivity index (χ0v) is 24.7. The van der Waals surface area contributed by atoms with Crippen molar-refractivity contribution in [3.63, 3.8) is 0 Å². The van der Waals surface area contributed by atoms with Crippen LogP contribution in [0.25, 0.3) is 0 Å². The topological polar surface area (TPSA) is 106 Å². The fraction of sp³-hybridized carbons (Fsp3) is 0.0345. The van der Waals surface area contributed by atoms with Crippen LogP contribution in [0.1, 0.15) is 36.6 Å². The number of hydrazone groups is 1. The number of rotatable bonds is 8. The SMILES string of the molecule is COc1ccc(C(=O)Oc2c(Br)cc(Br)cc2C=NNC(=O)c2cccc(NC(=O)c3ccccc3Cl)c2)cc1. The second-order valence-corrected chi connectivity index (χ2v) is 10.3. The van der Waals surface area contributed by atoms with Crippen LogP contribution in [0.2, 0.25) is 5.02 Å². The van der Waals surface area contributed by atoms with Crippen molar-refractivity contribution in [1.29, 1.82) is 0 Å². The van der Waals surface area contributed by atoms with Crippen molar-refractivity contribution in [3.8, 4) is 11.5 Å². The molecule has 0 unspecified atom stereocenters. The van der Waals surface area contributed by atoms with E-state index >= 15 is 0 Å². The second kappa shape index (κ2) is 13.4. The van der Waals surface area contributed by atoms with Crippen LogP contribution in [0, 0.1) is 0 Å².